The minimum Gasteiger partial charge on any atom is -0.377 e. The van der Waals surface area contributed by atoms with Crippen molar-refractivity contribution in [3.63, 3.8) is 0 Å². The number of hydrogen-bond acceptors (Lipinski definition) is 3. The number of rotatable bonds is 4. The van der Waals surface area contributed by atoms with Crippen LogP contribution in [0.4, 0.5) is 0 Å². The van der Waals surface area contributed by atoms with E-state index in [0.717, 1.165) is 19.7 Å². The summed E-state index contributed by atoms with van der Waals surface area (Å²) < 4.78 is 5.57. The minimum absolute atomic E-state index is 0.332. The van der Waals surface area contributed by atoms with Crippen LogP contribution in [0.25, 0.3) is 0 Å². The van der Waals surface area contributed by atoms with E-state index in [1.165, 1.54) is 32.2 Å². The fourth-order valence-electron chi connectivity index (χ4n) is 2.42. The van der Waals surface area contributed by atoms with Gasteiger partial charge in [-0.1, -0.05) is 0 Å². The maximum atomic E-state index is 5.57. The van der Waals surface area contributed by atoms with Crippen LogP contribution < -0.4 is 10.6 Å². The highest BCUT2D eigenvalue weighted by atomic mass is 16.5. The first kappa shape index (κ1) is 10.4. The molecule has 3 nitrogen and oxygen atoms in total. The van der Waals surface area contributed by atoms with Gasteiger partial charge in [-0.05, 0) is 39.2 Å². The Morgan fingerprint density at radius 3 is 3.07 bits per heavy atom. The smallest absolute Gasteiger partial charge is 0.0700 e. The van der Waals surface area contributed by atoms with Crippen molar-refractivity contribution in [3.8, 4) is 0 Å². The first-order valence-corrected chi connectivity index (χ1v) is 5.86. The second-order valence-electron chi connectivity index (χ2n) is 4.86. The van der Waals surface area contributed by atoms with Crippen molar-refractivity contribution < 1.29 is 4.74 Å². The zero-order valence-electron chi connectivity index (χ0n) is 9.14. The normalized spacial score (nSPS) is 37.9. The quantitative estimate of drug-likeness (QED) is 0.704. The Bertz CT molecular complexity index is 172. The summed E-state index contributed by atoms with van der Waals surface area (Å²) in [5.41, 5.74) is 0.332. The molecule has 0 aliphatic carbocycles. The first-order valence-electron chi connectivity index (χ1n) is 5.86. The van der Waals surface area contributed by atoms with Crippen LogP contribution in [-0.2, 0) is 4.74 Å². The van der Waals surface area contributed by atoms with E-state index in [4.69, 9.17) is 4.74 Å². The van der Waals surface area contributed by atoms with Gasteiger partial charge in [0.05, 0.1) is 6.10 Å². The van der Waals surface area contributed by atoms with Crippen LogP contribution in [0.5, 0.6) is 0 Å². The lowest BCUT2D eigenvalue weighted by molar-refractivity contribution is 0.108. The molecule has 3 heteroatoms. The third-order valence-corrected chi connectivity index (χ3v) is 3.37. The third-order valence-electron chi connectivity index (χ3n) is 3.37. The van der Waals surface area contributed by atoms with Crippen molar-refractivity contribution >= 4 is 0 Å². The Morgan fingerprint density at radius 1 is 1.50 bits per heavy atom. The maximum Gasteiger partial charge on any atom is 0.0700 e. The van der Waals surface area contributed by atoms with Gasteiger partial charge in [-0.2, -0.15) is 0 Å². The van der Waals surface area contributed by atoms with Gasteiger partial charge in [0.15, 0.2) is 0 Å². The fraction of sp³-hybridized carbons (Fsp3) is 1.00. The van der Waals surface area contributed by atoms with E-state index < -0.39 is 0 Å². The molecule has 2 aliphatic heterocycles. The Kier molecular flexibility index (Phi) is 3.42. The number of ether oxygens (including phenoxy) is 1. The predicted molar refractivity (Wildman–Crippen MR) is 57.5 cm³/mol. The molecule has 2 unspecified atom stereocenters. The zero-order valence-corrected chi connectivity index (χ0v) is 9.14. The summed E-state index contributed by atoms with van der Waals surface area (Å²) in [6, 6.07) is 0. The van der Waals surface area contributed by atoms with E-state index in [1.807, 2.05) is 0 Å². The molecule has 2 heterocycles. The monoisotopic (exact) mass is 198 g/mol. The molecule has 0 aromatic carbocycles. The average Bonchev–Trinajstić information content (AvgIpc) is 2.77. The molecular weight excluding hydrogens is 176 g/mol. The topological polar surface area (TPSA) is 33.3 Å². The maximum absolute atomic E-state index is 5.57. The lowest BCUT2D eigenvalue weighted by Gasteiger charge is -2.25. The molecular formula is C11H22N2O. The number of nitrogens with one attached hydrogen (secondary N) is 2. The van der Waals surface area contributed by atoms with Crippen molar-refractivity contribution in [1.82, 2.24) is 10.6 Å². The second kappa shape index (κ2) is 4.60. The van der Waals surface area contributed by atoms with Crippen LogP contribution in [0, 0.1) is 0 Å². The Hall–Kier alpha value is -0.120. The molecule has 0 saturated carbocycles. The molecule has 2 rings (SSSR count). The summed E-state index contributed by atoms with van der Waals surface area (Å²) in [6.45, 7) is 6.55. The average molecular weight is 198 g/mol. The molecule has 2 aliphatic rings. The SMILES string of the molecule is CC1(CNCC2CCCO2)CCCN1. The largest absolute Gasteiger partial charge is 0.377 e. The number of hydrogen-bond donors (Lipinski definition) is 2. The van der Waals surface area contributed by atoms with E-state index in [2.05, 4.69) is 17.6 Å². The predicted octanol–water partition coefficient (Wildman–Crippen LogP) is 0.897. The molecule has 0 bridgehead atoms. The van der Waals surface area contributed by atoms with E-state index in [-0.39, 0.29) is 0 Å². The summed E-state index contributed by atoms with van der Waals surface area (Å²) in [7, 11) is 0. The van der Waals surface area contributed by atoms with Gasteiger partial charge in [-0.25, -0.2) is 0 Å². The Labute approximate surface area is 86.6 Å². The van der Waals surface area contributed by atoms with Gasteiger partial charge in [0.1, 0.15) is 0 Å². The van der Waals surface area contributed by atoms with E-state index in [9.17, 15) is 0 Å². The lowest BCUT2D eigenvalue weighted by atomic mass is 10.0. The minimum atomic E-state index is 0.332. The Morgan fingerprint density at radius 2 is 2.43 bits per heavy atom. The molecule has 0 spiro atoms. The fourth-order valence-corrected chi connectivity index (χ4v) is 2.42. The van der Waals surface area contributed by atoms with Gasteiger partial charge in [-0.3, -0.25) is 0 Å². The van der Waals surface area contributed by atoms with Gasteiger partial charge in [-0.15, -0.1) is 0 Å². The van der Waals surface area contributed by atoms with E-state index >= 15 is 0 Å². The molecule has 0 aromatic rings. The van der Waals surface area contributed by atoms with Gasteiger partial charge in [0, 0.05) is 25.2 Å². The van der Waals surface area contributed by atoms with Crippen LogP contribution >= 0.6 is 0 Å². The third kappa shape index (κ3) is 2.69. The second-order valence-corrected chi connectivity index (χ2v) is 4.86. The van der Waals surface area contributed by atoms with Crippen LogP contribution in [0.2, 0.25) is 0 Å². The Balaban J connectivity index is 1.61. The molecule has 2 fully saturated rings. The molecule has 2 N–H and O–H groups in total. The molecule has 0 aromatic heterocycles. The molecule has 0 radical (unpaired) electrons. The van der Waals surface area contributed by atoms with Crippen molar-refractivity contribution in [3.05, 3.63) is 0 Å². The summed E-state index contributed by atoms with van der Waals surface area (Å²) in [6.07, 6.45) is 5.56. The highest BCUT2D eigenvalue weighted by Gasteiger charge is 2.27. The van der Waals surface area contributed by atoms with Gasteiger partial charge < -0.3 is 15.4 Å². The molecule has 2 saturated heterocycles. The zero-order chi connectivity index (χ0) is 9.86. The van der Waals surface area contributed by atoms with Crippen LogP contribution in [0.15, 0.2) is 0 Å². The van der Waals surface area contributed by atoms with Crippen molar-refractivity contribution in [2.75, 3.05) is 26.2 Å². The highest BCUT2D eigenvalue weighted by molar-refractivity contribution is 4.90. The van der Waals surface area contributed by atoms with E-state index in [0.29, 0.717) is 11.6 Å². The first-order chi connectivity index (χ1) is 6.79. The molecule has 14 heavy (non-hydrogen) atoms. The summed E-state index contributed by atoms with van der Waals surface area (Å²) >= 11 is 0. The standard InChI is InChI=1S/C11H22N2O/c1-11(5-3-6-13-11)9-12-8-10-4-2-7-14-10/h10,12-13H,2-9H2,1H3. The summed E-state index contributed by atoms with van der Waals surface area (Å²) in [5, 5.41) is 7.08. The highest BCUT2D eigenvalue weighted by Crippen LogP contribution is 2.17. The van der Waals surface area contributed by atoms with Gasteiger partial charge >= 0.3 is 0 Å². The van der Waals surface area contributed by atoms with Crippen LogP contribution in [-0.4, -0.2) is 37.9 Å². The molecule has 82 valence electrons. The molecule has 0 amide bonds. The molecule has 2 atom stereocenters. The van der Waals surface area contributed by atoms with Crippen LogP contribution in [0.3, 0.4) is 0 Å². The van der Waals surface area contributed by atoms with Crippen molar-refractivity contribution in [2.24, 2.45) is 0 Å². The van der Waals surface area contributed by atoms with E-state index in [1.54, 1.807) is 0 Å². The van der Waals surface area contributed by atoms with Crippen LogP contribution in [0.1, 0.15) is 32.6 Å². The van der Waals surface area contributed by atoms with Gasteiger partial charge in [0.2, 0.25) is 0 Å². The van der Waals surface area contributed by atoms with Crippen molar-refractivity contribution in [1.29, 1.82) is 0 Å². The van der Waals surface area contributed by atoms with Gasteiger partial charge in [0.25, 0.3) is 0 Å². The lowest BCUT2D eigenvalue weighted by Crippen LogP contribution is -2.47. The summed E-state index contributed by atoms with van der Waals surface area (Å²) in [4.78, 5) is 0. The van der Waals surface area contributed by atoms with Crippen molar-refractivity contribution in [2.45, 2.75) is 44.2 Å². The summed E-state index contributed by atoms with van der Waals surface area (Å²) in [5.74, 6) is 0.